The summed E-state index contributed by atoms with van der Waals surface area (Å²) in [4.78, 5) is 20.6. The van der Waals surface area contributed by atoms with Crippen LogP contribution in [0.25, 0.3) is 11.0 Å². The van der Waals surface area contributed by atoms with E-state index in [1.807, 2.05) is 29.2 Å². The minimum Gasteiger partial charge on any atom is -0.478 e. The van der Waals surface area contributed by atoms with Crippen LogP contribution in [-0.2, 0) is 0 Å². The van der Waals surface area contributed by atoms with Gasteiger partial charge in [0.25, 0.3) is 0 Å². The fraction of sp³-hybridized carbons (Fsp3) is 0.206. The standard InChI is InChI=1S/C18H17N3O3.C16H18Cl.Li/c1-3-21(4-2)13-5-6-15(18(22)23)16(10-13)24-14-9-12-7-8-19-17(12)20-11-14;1-4-13-10-16(12(3)9-11(13)2)14-5-7-15(17)8-6-14;/h5-11H,1-4H2,(H,19,20)(H,22,23);4-8,12,16H,1,3,9-10H2,2H3;/q-2;-1;+1/t;12-,16?;/m.1./s1. The van der Waals surface area contributed by atoms with Gasteiger partial charge in [-0.15, -0.1) is 13.1 Å². The van der Waals surface area contributed by atoms with Crippen LogP contribution in [0.5, 0.6) is 11.5 Å². The van der Waals surface area contributed by atoms with Crippen LogP contribution in [0.4, 0.5) is 5.69 Å². The Morgan fingerprint density at radius 1 is 1.17 bits per heavy atom. The number of H-pyrrole nitrogens is 1. The fourth-order valence-corrected chi connectivity index (χ4v) is 5.17. The van der Waals surface area contributed by atoms with Gasteiger partial charge in [0.05, 0.1) is 6.20 Å². The van der Waals surface area contributed by atoms with Crippen molar-refractivity contribution < 1.29 is 33.5 Å². The van der Waals surface area contributed by atoms with Crippen LogP contribution in [0.15, 0.2) is 90.8 Å². The maximum absolute atomic E-state index is 11.5. The second-order valence-electron chi connectivity index (χ2n) is 10.00. The Hall–Kier alpha value is -3.43. The molecule has 2 aromatic heterocycles. The molecule has 0 radical (unpaired) electrons. The number of allylic oxidation sites excluding steroid dienone is 3. The molecule has 6 nitrogen and oxygen atoms in total. The van der Waals surface area contributed by atoms with E-state index in [0.29, 0.717) is 30.7 Å². The van der Waals surface area contributed by atoms with E-state index in [9.17, 15) is 9.90 Å². The number of carbonyl (C=O) groups is 1. The molecule has 0 fully saturated rings. The van der Waals surface area contributed by atoms with Crippen LogP contribution in [0.2, 0.25) is 5.02 Å². The van der Waals surface area contributed by atoms with Crippen molar-refractivity contribution in [1.29, 1.82) is 0 Å². The quantitative estimate of drug-likeness (QED) is 0.208. The monoisotopic (exact) mass is 575 g/mol. The van der Waals surface area contributed by atoms with Gasteiger partial charge in [-0.25, -0.2) is 9.78 Å². The van der Waals surface area contributed by atoms with E-state index >= 15 is 0 Å². The van der Waals surface area contributed by atoms with Crippen LogP contribution in [0, 0.1) is 26.7 Å². The van der Waals surface area contributed by atoms with Crippen molar-refractivity contribution >= 4 is 34.3 Å². The summed E-state index contributed by atoms with van der Waals surface area (Å²) >= 11 is 5.92. The first-order valence-corrected chi connectivity index (χ1v) is 13.8. The molecule has 1 aliphatic rings. The molecule has 0 saturated carbocycles. The topological polar surface area (TPSA) is 78.5 Å². The Labute approximate surface area is 265 Å². The number of fused-ring (bicyclic) bond motifs is 1. The summed E-state index contributed by atoms with van der Waals surface area (Å²) < 4.78 is 5.80. The predicted molar refractivity (Wildman–Crippen MR) is 168 cm³/mol. The molecule has 1 unspecified atom stereocenters. The SMILES string of the molecule is C=CC1=C(C)C[C@@H]([CH2-])C(c2ccc(Cl)cc2)C1.[CH2-]CN(C[CH2-])c1ccc(C(=O)O)c(Oc2cnc3[nH]ccc3c2)c1.[Li+]. The molecule has 2 N–H and O–H groups in total. The summed E-state index contributed by atoms with van der Waals surface area (Å²) in [5, 5.41) is 11.1. The number of rotatable bonds is 8. The van der Waals surface area contributed by atoms with Gasteiger partial charge in [0.1, 0.15) is 22.7 Å². The Morgan fingerprint density at radius 3 is 2.52 bits per heavy atom. The number of aromatic amines is 1. The zero-order valence-corrected chi connectivity index (χ0v) is 25.0. The number of benzene rings is 2. The molecular formula is C34H35ClLiN3O3-2. The number of aromatic carboxylic acids is 1. The third kappa shape index (κ3) is 7.89. The molecule has 0 amide bonds. The van der Waals surface area contributed by atoms with Crippen LogP contribution in [0.3, 0.4) is 0 Å². The number of carboxylic acids is 1. The molecule has 4 aromatic rings. The summed E-state index contributed by atoms with van der Waals surface area (Å²) in [6.07, 6.45) is 7.44. The van der Waals surface area contributed by atoms with Crippen molar-refractivity contribution in [3.05, 3.63) is 128 Å². The van der Waals surface area contributed by atoms with Crippen molar-refractivity contribution in [1.82, 2.24) is 9.97 Å². The van der Waals surface area contributed by atoms with Gasteiger partial charge in [-0.1, -0.05) is 48.4 Å². The molecule has 8 heteroatoms. The van der Waals surface area contributed by atoms with Crippen LogP contribution < -0.4 is 28.5 Å². The van der Waals surface area contributed by atoms with Crippen molar-refractivity contribution in [3.8, 4) is 11.5 Å². The Bertz CT molecular complexity index is 1540. The molecule has 2 heterocycles. The number of hydrogen-bond acceptors (Lipinski definition) is 4. The second kappa shape index (κ2) is 15.2. The molecule has 42 heavy (non-hydrogen) atoms. The van der Waals surface area contributed by atoms with Gasteiger partial charge < -0.3 is 40.5 Å². The number of aromatic nitrogens is 2. The van der Waals surface area contributed by atoms with E-state index in [1.54, 1.807) is 30.6 Å². The van der Waals surface area contributed by atoms with E-state index in [1.165, 1.54) is 22.8 Å². The maximum atomic E-state index is 11.5. The van der Waals surface area contributed by atoms with Gasteiger partial charge in [-0.2, -0.15) is 5.92 Å². The third-order valence-electron chi connectivity index (χ3n) is 7.37. The molecule has 2 atom stereocenters. The van der Waals surface area contributed by atoms with Crippen LogP contribution in [-0.4, -0.2) is 34.1 Å². The van der Waals surface area contributed by atoms with Gasteiger partial charge >= 0.3 is 24.8 Å². The molecule has 0 aliphatic heterocycles. The van der Waals surface area contributed by atoms with Gasteiger partial charge in [0.2, 0.25) is 0 Å². The molecular weight excluding hydrogens is 541 g/mol. The number of ether oxygens (including phenoxy) is 1. The van der Waals surface area contributed by atoms with Crippen LogP contribution >= 0.6 is 11.6 Å². The first-order valence-electron chi connectivity index (χ1n) is 13.4. The molecule has 5 rings (SSSR count). The average molecular weight is 576 g/mol. The summed E-state index contributed by atoms with van der Waals surface area (Å²) in [5.74, 6) is 0.605. The Kier molecular flexibility index (Phi) is 11.9. The van der Waals surface area contributed by atoms with E-state index in [4.69, 9.17) is 16.3 Å². The summed E-state index contributed by atoms with van der Waals surface area (Å²) in [6, 6.07) is 16.8. The van der Waals surface area contributed by atoms with Gasteiger partial charge in [-0.3, -0.25) is 0 Å². The summed E-state index contributed by atoms with van der Waals surface area (Å²) in [7, 11) is 0. The van der Waals surface area contributed by atoms with Gasteiger partial charge in [-0.05, 0) is 66.8 Å². The fourth-order valence-electron chi connectivity index (χ4n) is 5.04. The van der Waals surface area contributed by atoms with Gasteiger partial charge in [0, 0.05) is 28.4 Å². The van der Waals surface area contributed by atoms with E-state index in [2.05, 4.69) is 56.4 Å². The average Bonchev–Trinajstić information content (AvgIpc) is 3.43. The van der Waals surface area contributed by atoms with Crippen molar-refractivity contribution in [2.24, 2.45) is 5.92 Å². The van der Waals surface area contributed by atoms with Crippen molar-refractivity contribution in [2.75, 3.05) is 18.0 Å². The zero-order valence-electron chi connectivity index (χ0n) is 24.3. The molecule has 0 bridgehead atoms. The minimum atomic E-state index is -1.05. The first-order chi connectivity index (χ1) is 19.7. The maximum Gasteiger partial charge on any atom is 1.00 e. The minimum absolute atomic E-state index is 0. The van der Waals surface area contributed by atoms with Crippen LogP contribution in [0.1, 0.15) is 41.6 Å². The molecule has 2 aromatic carbocycles. The normalized spacial score (nSPS) is 16.2. The van der Waals surface area contributed by atoms with E-state index in [-0.39, 0.29) is 30.2 Å². The van der Waals surface area contributed by atoms with Crippen molar-refractivity contribution in [2.45, 2.75) is 25.7 Å². The first kappa shape index (κ1) is 33.1. The van der Waals surface area contributed by atoms with E-state index in [0.717, 1.165) is 34.6 Å². The number of nitrogens with one attached hydrogen (secondary N) is 1. The Morgan fingerprint density at radius 2 is 1.88 bits per heavy atom. The summed E-state index contributed by atoms with van der Waals surface area (Å²) in [5.41, 5.74) is 5.78. The Balaban J connectivity index is 0.000000238. The van der Waals surface area contributed by atoms with Gasteiger partial charge in [0.15, 0.2) is 0 Å². The number of carboxylic acid groups (broad SMARTS) is 1. The number of anilines is 1. The second-order valence-corrected chi connectivity index (χ2v) is 10.4. The summed E-state index contributed by atoms with van der Waals surface area (Å²) in [6.45, 7) is 19.1. The largest absolute Gasteiger partial charge is 1.00 e. The third-order valence-corrected chi connectivity index (χ3v) is 7.63. The number of pyridine rings is 1. The molecule has 0 spiro atoms. The van der Waals surface area contributed by atoms with E-state index < -0.39 is 5.97 Å². The smallest absolute Gasteiger partial charge is 0.478 e. The number of halogens is 1. The zero-order chi connectivity index (χ0) is 29.5. The molecule has 214 valence electrons. The predicted octanol–water partition coefficient (Wildman–Crippen LogP) is 5.70. The molecule has 0 saturated heterocycles. The molecule has 1 aliphatic carbocycles. The van der Waals surface area contributed by atoms with Crippen molar-refractivity contribution in [3.63, 3.8) is 0 Å². The number of hydrogen-bond donors (Lipinski definition) is 2. The number of nitrogens with zero attached hydrogens (tertiary/aromatic N) is 2.